The molecule has 25 heavy (non-hydrogen) atoms. The number of thiazole rings is 1. The van der Waals surface area contributed by atoms with E-state index in [4.69, 9.17) is 0 Å². The van der Waals surface area contributed by atoms with Crippen molar-refractivity contribution < 1.29 is 9.90 Å². The second-order valence-corrected chi connectivity index (χ2v) is 7.60. The average Bonchev–Trinajstić information content (AvgIpc) is 3.21. The van der Waals surface area contributed by atoms with Crippen molar-refractivity contribution in [3.8, 4) is 11.3 Å². The number of nitrogens with zero attached hydrogens (tertiary/aromatic N) is 2. The number of carbonyl (C=O) groups is 1. The third-order valence-electron chi connectivity index (χ3n) is 3.95. The Kier molecular flexibility index (Phi) is 6.12. The van der Waals surface area contributed by atoms with Crippen molar-refractivity contribution in [3.63, 3.8) is 0 Å². The van der Waals surface area contributed by atoms with E-state index in [1.807, 2.05) is 52.6 Å². The smallest absolute Gasteiger partial charge is 0.226 e. The van der Waals surface area contributed by atoms with E-state index in [0.717, 1.165) is 34.1 Å². The Morgan fingerprint density at radius 3 is 2.92 bits per heavy atom. The molecule has 3 rings (SSSR count). The van der Waals surface area contributed by atoms with E-state index in [-0.39, 0.29) is 25.0 Å². The number of hydrogen-bond acceptors (Lipinski definition) is 5. The highest BCUT2D eigenvalue weighted by Gasteiger charge is 2.15. The van der Waals surface area contributed by atoms with Crippen molar-refractivity contribution in [1.29, 1.82) is 0 Å². The predicted octanol–water partition coefficient (Wildman–Crippen LogP) is 2.84. The van der Waals surface area contributed by atoms with Gasteiger partial charge in [0.1, 0.15) is 0 Å². The van der Waals surface area contributed by atoms with Gasteiger partial charge in [-0.1, -0.05) is 30.3 Å². The molecule has 5 nitrogen and oxygen atoms in total. The van der Waals surface area contributed by atoms with Crippen molar-refractivity contribution in [2.24, 2.45) is 0 Å². The fourth-order valence-electron chi connectivity index (χ4n) is 2.62. The first-order valence-corrected chi connectivity index (χ1v) is 10.4. The maximum atomic E-state index is 12.3. The Morgan fingerprint density at radius 2 is 2.20 bits per heavy atom. The third-order valence-corrected chi connectivity index (χ3v) is 5.48. The van der Waals surface area contributed by atoms with Crippen molar-refractivity contribution in [2.75, 3.05) is 18.6 Å². The fraction of sp³-hybridized carbons (Fsp3) is 0.333. The van der Waals surface area contributed by atoms with E-state index in [9.17, 15) is 9.90 Å². The van der Waals surface area contributed by atoms with Gasteiger partial charge in [0.2, 0.25) is 5.91 Å². The molecule has 0 fully saturated rings. The molecule has 3 aromatic rings. The van der Waals surface area contributed by atoms with E-state index in [1.54, 1.807) is 11.8 Å². The highest BCUT2D eigenvalue weighted by molar-refractivity contribution is 7.98. The Bertz CT molecular complexity index is 829. The van der Waals surface area contributed by atoms with Gasteiger partial charge in [-0.2, -0.15) is 11.8 Å². The second kappa shape index (κ2) is 8.51. The molecule has 7 heteroatoms. The quantitative estimate of drug-likeness (QED) is 0.635. The van der Waals surface area contributed by atoms with Gasteiger partial charge >= 0.3 is 0 Å². The van der Waals surface area contributed by atoms with E-state index >= 15 is 0 Å². The van der Waals surface area contributed by atoms with Crippen LogP contribution in [-0.4, -0.2) is 45.1 Å². The van der Waals surface area contributed by atoms with Gasteiger partial charge in [-0.15, -0.1) is 11.3 Å². The number of hydrogen-bond donors (Lipinski definition) is 2. The van der Waals surface area contributed by atoms with E-state index in [1.165, 1.54) is 11.3 Å². The zero-order chi connectivity index (χ0) is 17.6. The molecule has 2 heterocycles. The standard InChI is InChI=1S/C18H21N3O2S2/c1-24-8-7-14(11-22)19-17(23)9-15-12-25-18-20-16(10-21(15)18)13-5-3-2-4-6-13/h2-6,10,12,14,22H,7-9,11H2,1H3,(H,19,23). The van der Waals surface area contributed by atoms with Crippen molar-refractivity contribution in [3.05, 3.63) is 47.6 Å². The number of rotatable bonds is 8. The number of imidazole rings is 1. The van der Waals surface area contributed by atoms with Crippen LogP contribution in [0.1, 0.15) is 12.1 Å². The molecule has 0 aliphatic heterocycles. The van der Waals surface area contributed by atoms with Gasteiger partial charge in [0, 0.05) is 22.8 Å². The molecular formula is C18H21N3O2S2. The molecule has 1 atom stereocenters. The summed E-state index contributed by atoms with van der Waals surface area (Å²) in [6.45, 7) is -0.0332. The number of amides is 1. The second-order valence-electron chi connectivity index (χ2n) is 5.78. The number of fused-ring (bicyclic) bond motifs is 1. The molecule has 0 saturated heterocycles. The van der Waals surface area contributed by atoms with Crippen LogP contribution in [0.15, 0.2) is 41.9 Å². The molecule has 0 aliphatic rings. The van der Waals surface area contributed by atoms with Crippen LogP contribution >= 0.6 is 23.1 Å². The normalized spacial score (nSPS) is 12.4. The summed E-state index contributed by atoms with van der Waals surface area (Å²) in [5.74, 6) is 0.839. The Balaban J connectivity index is 1.71. The van der Waals surface area contributed by atoms with Gasteiger partial charge < -0.3 is 10.4 Å². The van der Waals surface area contributed by atoms with E-state index < -0.39 is 0 Å². The molecule has 1 unspecified atom stereocenters. The molecule has 1 amide bonds. The molecule has 2 aromatic heterocycles. The van der Waals surface area contributed by atoms with Crippen LogP contribution in [0.3, 0.4) is 0 Å². The molecule has 0 aliphatic carbocycles. The van der Waals surface area contributed by atoms with Crippen LogP contribution in [0.4, 0.5) is 0 Å². The number of benzene rings is 1. The SMILES string of the molecule is CSCCC(CO)NC(=O)Cc1csc2nc(-c3ccccc3)cn12. The monoisotopic (exact) mass is 375 g/mol. The lowest BCUT2D eigenvalue weighted by molar-refractivity contribution is -0.121. The minimum atomic E-state index is -0.184. The molecular weight excluding hydrogens is 354 g/mol. The van der Waals surface area contributed by atoms with Crippen molar-refractivity contribution in [2.45, 2.75) is 18.9 Å². The summed E-state index contributed by atoms with van der Waals surface area (Å²) in [6.07, 6.45) is 5.04. The number of aromatic nitrogens is 2. The van der Waals surface area contributed by atoms with Gasteiger partial charge in [-0.05, 0) is 18.4 Å². The number of nitrogens with one attached hydrogen (secondary N) is 1. The molecule has 132 valence electrons. The summed E-state index contributed by atoms with van der Waals surface area (Å²) in [5.41, 5.74) is 2.88. The molecule has 0 radical (unpaired) electrons. The Morgan fingerprint density at radius 1 is 1.40 bits per heavy atom. The first-order valence-electron chi connectivity index (χ1n) is 8.11. The van der Waals surface area contributed by atoms with Crippen LogP contribution in [-0.2, 0) is 11.2 Å². The third kappa shape index (κ3) is 4.42. The summed E-state index contributed by atoms with van der Waals surface area (Å²) < 4.78 is 1.97. The van der Waals surface area contributed by atoms with Gasteiger partial charge in [-0.3, -0.25) is 9.20 Å². The lowest BCUT2D eigenvalue weighted by Gasteiger charge is -2.15. The van der Waals surface area contributed by atoms with Crippen LogP contribution in [0.25, 0.3) is 16.2 Å². The summed E-state index contributed by atoms with van der Waals surface area (Å²) in [6, 6.07) is 9.82. The molecule has 0 spiro atoms. The lowest BCUT2D eigenvalue weighted by atomic mass is 10.2. The van der Waals surface area contributed by atoms with E-state index in [0.29, 0.717) is 0 Å². The maximum absolute atomic E-state index is 12.3. The number of aliphatic hydroxyl groups excluding tert-OH is 1. The Labute approximate surface area is 155 Å². The number of thioether (sulfide) groups is 1. The summed E-state index contributed by atoms with van der Waals surface area (Å²) in [7, 11) is 0. The highest BCUT2D eigenvalue weighted by Crippen LogP contribution is 2.23. The minimum absolute atomic E-state index is 0.0332. The van der Waals surface area contributed by atoms with Gasteiger partial charge in [0.15, 0.2) is 4.96 Å². The number of aliphatic hydroxyl groups is 1. The maximum Gasteiger partial charge on any atom is 0.226 e. The highest BCUT2D eigenvalue weighted by atomic mass is 32.2. The first kappa shape index (κ1) is 18.0. The number of carbonyl (C=O) groups excluding carboxylic acids is 1. The summed E-state index contributed by atoms with van der Waals surface area (Å²) in [5, 5.41) is 14.3. The summed E-state index contributed by atoms with van der Waals surface area (Å²) in [4.78, 5) is 17.8. The van der Waals surface area contributed by atoms with E-state index in [2.05, 4.69) is 10.3 Å². The molecule has 1 aromatic carbocycles. The van der Waals surface area contributed by atoms with Crippen molar-refractivity contribution in [1.82, 2.24) is 14.7 Å². The summed E-state index contributed by atoms with van der Waals surface area (Å²) >= 11 is 3.24. The minimum Gasteiger partial charge on any atom is -0.394 e. The molecule has 0 saturated carbocycles. The zero-order valence-corrected chi connectivity index (χ0v) is 15.6. The Hall–Kier alpha value is -1.83. The molecule has 0 bridgehead atoms. The zero-order valence-electron chi connectivity index (χ0n) is 14.0. The van der Waals surface area contributed by atoms with Gasteiger partial charge in [0.05, 0.1) is 24.8 Å². The van der Waals surface area contributed by atoms with Gasteiger partial charge in [0.25, 0.3) is 0 Å². The average molecular weight is 376 g/mol. The van der Waals surface area contributed by atoms with Gasteiger partial charge in [-0.25, -0.2) is 4.98 Å². The van der Waals surface area contributed by atoms with Crippen LogP contribution in [0.2, 0.25) is 0 Å². The predicted molar refractivity (Wildman–Crippen MR) is 104 cm³/mol. The van der Waals surface area contributed by atoms with Crippen LogP contribution in [0, 0.1) is 0 Å². The topological polar surface area (TPSA) is 66.6 Å². The van der Waals surface area contributed by atoms with Crippen molar-refractivity contribution >= 4 is 34.0 Å². The first-order chi connectivity index (χ1) is 12.2. The lowest BCUT2D eigenvalue weighted by Crippen LogP contribution is -2.38. The molecule has 2 N–H and O–H groups in total. The largest absolute Gasteiger partial charge is 0.394 e. The fourth-order valence-corrected chi connectivity index (χ4v) is 4.01. The van der Waals surface area contributed by atoms with Crippen LogP contribution < -0.4 is 5.32 Å². The van der Waals surface area contributed by atoms with Crippen LogP contribution in [0.5, 0.6) is 0 Å².